The number of benzene rings is 1. The Labute approximate surface area is 87.9 Å². The van der Waals surface area contributed by atoms with Gasteiger partial charge >= 0.3 is 0 Å². The molecule has 1 amide bonds. The van der Waals surface area contributed by atoms with Gasteiger partial charge in [-0.1, -0.05) is 0 Å². The highest BCUT2D eigenvalue weighted by molar-refractivity contribution is 5.99. The van der Waals surface area contributed by atoms with E-state index in [4.69, 9.17) is 0 Å². The molecule has 0 atom stereocenters. The minimum Gasteiger partial charge on any atom is -0.368 e. The molecule has 15 heavy (non-hydrogen) atoms. The molecule has 2 rings (SSSR count). The van der Waals surface area contributed by atoms with Gasteiger partial charge < -0.3 is 15.0 Å². The van der Waals surface area contributed by atoms with E-state index in [0.29, 0.717) is 13.0 Å². The van der Waals surface area contributed by atoms with Crippen LogP contribution in [-0.4, -0.2) is 25.8 Å². The van der Waals surface area contributed by atoms with Crippen molar-refractivity contribution in [2.24, 2.45) is 0 Å². The maximum atomic E-state index is 11.1. The molecule has 0 saturated heterocycles. The SMILES string of the molecule is CN(CC=O)c1ccc2c(c1)CC(=O)N2. The number of amides is 1. The molecule has 1 heterocycles. The molecule has 0 fully saturated rings. The van der Waals surface area contributed by atoms with E-state index in [2.05, 4.69) is 5.32 Å². The lowest BCUT2D eigenvalue weighted by atomic mass is 10.1. The zero-order valence-electron chi connectivity index (χ0n) is 8.49. The highest BCUT2D eigenvalue weighted by Gasteiger charge is 2.17. The summed E-state index contributed by atoms with van der Waals surface area (Å²) in [5, 5.41) is 2.77. The molecule has 0 spiro atoms. The van der Waals surface area contributed by atoms with Gasteiger partial charge in [0.15, 0.2) is 0 Å². The molecule has 0 bridgehead atoms. The second-order valence-corrected chi connectivity index (χ2v) is 3.61. The number of nitrogens with zero attached hydrogens (tertiary/aromatic N) is 1. The lowest BCUT2D eigenvalue weighted by molar-refractivity contribution is -0.115. The molecule has 0 saturated carbocycles. The van der Waals surface area contributed by atoms with Crippen molar-refractivity contribution in [3.63, 3.8) is 0 Å². The molecular weight excluding hydrogens is 192 g/mol. The Bertz CT molecular complexity index is 415. The fraction of sp³-hybridized carbons (Fsp3) is 0.273. The monoisotopic (exact) mass is 204 g/mol. The predicted octanol–water partition coefficient (Wildman–Crippen LogP) is 0.816. The van der Waals surface area contributed by atoms with Crippen molar-refractivity contribution >= 4 is 23.6 Å². The van der Waals surface area contributed by atoms with Crippen molar-refractivity contribution in [1.29, 1.82) is 0 Å². The largest absolute Gasteiger partial charge is 0.368 e. The highest BCUT2D eigenvalue weighted by atomic mass is 16.1. The maximum absolute atomic E-state index is 11.1. The average Bonchev–Trinajstić information content (AvgIpc) is 2.57. The fourth-order valence-corrected chi connectivity index (χ4v) is 1.67. The minimum absolute atomic E-state index is 0.0280. The van der Waals surface area contributed by atoms with Crippen LogP contribution in [0, 0.1) is 0 Å². The fourth-order valence-electron chi connectivity index (χ4n) is 1.67. The molecular formula is C11H12N2O2. The lowest BCUT2D eigenvalue weighted by Gasteiger charge is -2.16. The van der Waals surface area contributed by atoms with Gasteiger partial charge in [-0.3, -0.25) is 4.79 Å². The van der Waals surface area contributed by atoms with Crippen molar-refractivity contribution in [2.75, 3.05) is 23.8 Å². The second-order valence-electron chi connectivity index (χ2n) is 3.61. The standard InChI is InChI=1S/C11H12N2O2/c1-13(4-5-14)9-2-3-10-8(6-9)7-11(15)12-10/h2-3,5-6H,4,7H2,1H3,(H,12,15). The van der Waals surface area contributed by atoms with Crippen LogP contribution >= 0.6 is 0 Å². The molecule has 0 unspecified atom stereocenters. The van der Waals surface area contributed by atoms with E-state index in [0.717, 1.165) is 23.2 Å². The summed E-state index contributed by atoms with van der Waals surface area (Å²) in [4.78, 5) is 23.3. The van der Waals surface area contributed by atoms with E-state index in [1.807, 2.05) is 30.1 Å². The summed E-state index contributed by atoms with van der Waals surface area (Å²) in [5.41, 5.74) is 2.83. The first-order chi connectivity index (χ1) is 7.20. The molecule has 0 radical (unpaired) electrons. The molecule has 4 heteroatoms. The number of hydrogen-bond acceptors (Lipinski definition) is 3. The Morgan fingerprint density at radius 2 is 2.33 bits per heavy atom. The summed E-state index contributed by atoms with van der Waals surface area (Å²) in [6.45, 7) is 0.361. The Kier molecular flexibility index (Phi) is 2.41. The van der Waals surface area contributed by atoms with Crippen LogP contribution in [0.25, 0.3) is 0 Å². The summed E-state index contributed by atoms with van der Waals surface area (Å²) < 4.78 is 0. The van der Waals surface area contributed by atoms with Crippen LogP contribution in [0.5, 0.6) is 0 Å². The van der Waals surface area contributed by atoms with Gasteiger partial charge in [0.1, 0.15) is 6.29 Å². The van der Waals surface area contributed by atoms with Crippen LogP contribution in [0.1, 0.15) is 5.56 Å². The van der Waals surface area contributed by atoms with E-state index in [1.54, 1.807) is 0 Å². The number of fused-ring (bicyclic) bond motifs is 1. The maximum Gasteiger partial charge on any atom is 0.228 e. The van der Waals surface area contributed by atoms with E-state index in [-0.39, 0.29) is 5.91 Å². The van der Waals surface area contributed by atoms with Crippen molar-refractivity contribution in [3.8, 4) is 0 Å². The van der Waals surface area contributed by atoms with Crippen molar-refractivity contribution in [2.45, 2.75) is 6.42 Å². The predicted molar refractivity (Wildman–Crippen MR) is 58.1 cm³/mol. The quantitative estimate of drug-likeness (QED) is 0.741. The number of carbonyl (C=O) groups is 2. The second kappa shape index (κ2) is 3.73. The van der Waals surface area contributed by atoms with Crippen molar-refractivity contribution < 1.29 is 9.59 Å². The zero-order valence-corrected chi connectivity index (χ0v) is 8.49. The number of likely N-dealkylation sites (N-methyl/N-ethyl adjacent to an activating group) is 1. The first-order valence-electron chi connectivity index (χ1n) is 4.78. The number of aldehydes is 1. The summed E-state index contributed by atoms with van der Waals surface area (Å²) in [5.74, 6) is 0.0280. The highest BCUT2D eigenvalue weighted by Crippen LogP contribution is 2.27. The number of carbonyl (C=O) groups excluding carboxylic acids is 2. The van der Waals surface area contributed by atoms with Crippen molar-refractivity contribution in [3.05, 3.63) is 23.8 Å². The summed E-state index contributed by atoms with van der Waals surface area (Å²) in [6, 6.07) is 5.71. The first-order valence-corrected chi connectivity index (χ1v) is 4.78. The number of rotatable bonds is 3. The van der Waals surface area contributed by atoms with Crippen LogP contribution in [0.4, 0.5) is 11.4 Å². The number of hydrogen-bond donors (Lipinski definition) is 1. The molecule has 1 aromatic rings. The topological polar surface area (TPSA) is 49.4 Å². The minimum atomic E-state index is 0.0280. The Morgan fingerprint density at radius 3 is 3.07 bits per heavy atom. The molecule has 1 aliphatic rings. The van der Waals surface area contributed by atoms with Gasteiger partial charge in [-0.05, 0) is 23.8 Å². The van der Waals surface area contributed by atoms with Gasteiger partial charge in [0.05, 0.1) is 13.0 Å². The third kappa shape index (κ3) is 1.83. The molecule has 1 N–H and O–H groups in total. The van der Waals surface area contributed by atoms with Crippen LogP contribution in [0.15, 0.2) is 18.2 Å². The molecule has 0 aromatic heterocycles. The zero-order chi connectivity index (χ0) is 10.8. The van der Waals surface area contributed by atoms with Crippen LogP contribution in [-0.2, 0) is 16.0 Å². The summed E-state index contributed by atoms with van der Waals surface area (Å²) >= 11 is 0. The van der Waals surface area contributed by atoms with Gasteiger partial charge in [0.2, 0.25) is 5.91 Å². The Hall–Kier alpha value is -1.84. The average molecular weight is 204 g/mol. The first kappa shape index (κ1) is 9.71. The lowest BCUT2D eigenvalue weighted by Crippen LogP contribution is -2.19. The molecule has 0 aliphatic carbocycles. The molecule has 78 valence electrons. The van der Waals surface area contributed by atoms with Gasteiger partial charge in [-0.15, -0.1) is 0 Å². The third-order valence-electron chi connectivity index (χ3n) is 2.50. The number of nitrogens with one attached hydrogen (secondary N) is 1. The number of anilines is 2. The summed E-state index contributed by atoms with van der Waals surface area (Å²) in [7, 11) is 1.85. The third-order valence-corrected chi connectivity index (χ3v) is 2.50. The van der Waals surface area contributed by atoms with Crippen molar-refractivity contribution in [1.82, 2.24) is 0 Å². The van der Waals surface area contributed by atoms with Gasteiger partial charge in [0.25, 0.3) is 0 Å². The van der Waals surface area contributed by atoms with E-state index < -0.39 is 0 Å². The van der Waals surface area contributed by atoms with E-state index in [9.17, 15) is 9.59 Å². The Morgan fingerprint density at radius 1 is 1.53 bits per heavy atom. The van der Waals surface area contributed by atoms with Crippen LogP contribution < -0.4 is 10.2 Å². The summed E-state index contributed by atoms with van der Waals surface area (Å²) in [6.07, 6.45) is 1.29. The van der Waals surface area contributed by atoms with Crippen LogP contribution in [0.3, 0.4) is 0 Å². The normalized spacial score (nSPS) is 13.3. The molecule has 4 nitrogen and oxygen atoms in total. The van der Waals surface area contributed by atoms with Gasteiger partial charge in [0, 0.05) is 18.4 Å². The Balaban J connectivity index is 2.26. The van der Waals surface area contributed by atoms with E-state index >= 15 is 0 Å². The van der Waals surface area contributed by atoms with Crippen LogP contribution in [0.2, 0.25) is 0 Å². The smallest absolute Gasteiger partial charge is 0.228 e. The van der Waals surface area contributed by atoms with Gasteiger partial charge in [-0.2, -0.15) is 0 Å². The van der Waals surface area contributed by atoms with E-state index in [1.165, 1.54) is 0 Å². The van der Waals surface area contributed by atoms with Gasteiger partial charge in [-0.25, -0.2) is 0 Å². The molecule has 1 aromatic carbocycles. The molecule has 1 aliphatic heterocycles.